The minimum absolute atomic E-state index is 0.000916. The van der Waals surface area contributed by atoms with E-state index in [1.165, 1.54) is 69.7 Å². The minimum atomic E-state index is -5.28. The van der Waals surface area contributed by atoms with Crippen LogP contribution in [-0.2, 0) is 34.1 Å². The zero-order chi connectivity index (χ0) is 68.4. The van der Waals surface area contributed by atoms with Crippen molar-refractivity contribution in [3.8, 4) is 17.6 Å². The topological polar surface area (TPSA) is 404 Å². The second kappa shape index (κ2) is 32.5. The third-order valence-corrected chi connectivity index (χ3v) is 17.2. The number of ketones is 2. The first-order valence-corrected chi connectivity index (χ1v) is 32.2. The molecule has 0 aliphatic rings. The average molecular weight is 1350 g/mol. The minimum Gasteiger partial charge on any atom is -0.494 e. The number of amides is 4. The molecular weight excluding hydrogens is 1290 g/mol. The number of aromatic nitrogens is 3. The Morgan fingerprint density at radius 1 is 0.745 bits per heavy atom. The zero-order valence-corrected chi connectivity index (χ0v) is 54.9. The fraction of sp³-hybridized carbons (Fsp3) is 0.230. The van der Waals surface area contributed by atoms with Crippen LogP contribution in [0.2, 0.25) is 0 Å². The number of thiophene rings is 2. The summed E-state index contributed by atoms with van der Waals surface area (Å²) in [5, 5.41) is 52.2. The molecule has 4 amide bonds. The smallest absolute Gasteiger partial charge is 0.297 e. The Morgan fingerprint density at radius 2 is 1.27 bits per heavy atom. The summed E-state index contributed by atoms with van der Waals surface area (Å²) in [5.74, 6) is -3.30. The number of aliphatic hydroxyl groups excluding tert-OH is 1. The van der Waals surface area contributed by atoms with Crippen molar-refractivity contribution in [2.24, 2.45) is 26.2 Å². The molecule has 4 aromatic carbocycles. The van der Waals surface area contributed by atoms with E-state index in [4.69, 9.17) is 26.8 Å². The van der Waals surface area contributed by atoms with E-state index in [1.54, 1.807) is 42.5 Å². The van der Waals surface area contributed by atoms with Crippen LogP contribution in [0.5, 0.6) is 11.5 Å². The van der Waals surface area contributed by atoms with Gasteiger partial charge < -0.3 is 56.7 Å². The highest BCUT2D eigenvalue weighted by Gasteiger charge is 2.30. The van der Waals surface area contributed by atoms with E-state index in [-0.39, 0.29) is 84.7 Å². The molecule has 33 heteroatoms. The van der Waals surface area contributed by atoms with Gasteiger partial charge >= 0.3 is 0 Å². The number of ether oxygens (including phenoxy) is 2. The molecule has 7 aromatic rings. The predicted octanol–water partition coefficient (Wildman–Crippen LogP) is 11.7. The number of thioether (sulfide) groups is 1. The first kappa shape index (κ1) is 70.6. The molecule has 0 fully saturated rings. The van der Waals surface area contributed by atoms with Gasteiger partial charge in [-0.1, -0.05) is 23.9 Å². The van der Waals surface area contributed by atoms with Crippen molar-refractivity contribution < 1.29 is 56.3 Å². The number of methoxy groups -OCH3 is 2. The van der Waals surface area contributed by atoms with Crippen molar-refractivity contribution in [3.63, 3.8) is 0 Å². The number of carbonyl (C=O) groups is 6. The van der Waals surface area contributed by atoms with E-state index in [2.05, 4.69) is 61.9 Å². The summed E-state index contributed by atoms with van der Waals surface area (Å²) in [4.78, 5) is 96.5. The number of primary amides is 1. The van der Waals surface area contributed by atoms with Crippen LogP contribution in [0.3, 0.4) is 0 Å². The number of nitrogens with one attached hydrogen (secondary N) is 5. The number of benzene rings is 4. The third-order valence-electron chi connectivity index (χ3n) is 13.4. The first-order chi connectivity index (χ1) is 45.0. The first-order valence-electron chi connectivity index (χ1n) is 28.2. The maximum Gasteiger partial charge on any atom is 0.297 e. The van der Waals surface area contributed by atoms with E-state index >= 15 is 0 Å². The number of aliphatic hydroxyl groups is 1. The highest BCUT2D eigenvalue weighted by Crippen LogP contribution is 2.46. The van der Waals surface area contributed by atoms with E-state index in [9.17, 15) is 52.1 Å². The number of nitrogens with two attached hydrogens (primary N) is 1. The molecule has 9 N–H and O–H groups in total. The van der Waals surface area contributed by atoms with E-state index in [1.807, 2.05) is 37.5 Å². The van der Waals surface area contributed by atoms with Gasteiger partial charge in [-0.15, -0.1) is 38.0 Å². The molecule has 0 aliphatic carbocycles. The van der Waals surface area contributed by atoms with Gasteiger partial charge in [0.15, 0.2) is 21.7 Å². The lowest BCUT2D eigenvalue weighted by molar-refractivity contribution is -0.120. The van der Waals surface area contributed by atoms with Crippen LogP contribution in [0.4, 0.5) is 78.8 Å². The molecule has 0 saturated heterocycles. The summed E-state index contributed by atoms with van der Waals surface area (Å²) in [6.07, 6.45) is 2.70. The second-order valence-corrected chi connectivity index (χ2v) is 23.9. The Labute approximate surface area is 551 Å². The van der Waals surface area contributed by atoms with Crippen molar-refractivity contribution >= 4 is 171 Å². The molecule has 29 nitrogen and oxygen atoms in total. The van der Waals surface area contributed by atoms with Gasteiger partial charge in [0.05, 0.1) is 66.2 Å². The summed E-state index contributed by atoms with van der Waals surface area (Å²) < 4.78 is 48.4. The molecule has 0 saturated carbocycles. The fourth-order valence-corrected chi connectivity index (χ4v) is 12.5. The van der Waals surface area contributed by atoms with Crippen LogP contribution < -0.4 is 51.6 Å². The van der Waals surface area contributed by atoms with Crippen LogP contribution in [0.25, 0.3) is 17.0 Å². The number of hydrogen-bond donors (Lipinski definition) is 8. The Hall–Kier alpha value is -10.8. The highest BCUT2D eigenvalue weighted by atomic mass is 32.2. The number of carbonyl (C=O) groups excluding carboxylic acids is 6. The molecule has 0 atom stereocenters. The lowest BCUT2D eigenvalue weighted by atomic mass is 10.1. The highest BCUT2D eigenvalue weighted by molar-refractivity contribution is 7.99. The number of rotatable bonds is 31. The zero-order valence-electron chi connectivity index (χ0n) is 51.6. The summed E-state index contributed by atoms with van der Waals surface area (Å²) in [5.41, 5.74) is 6.56. The molecule has 0 radical (unpaired) electrons. The van der Waals surface area contributed by atoms with Gasteiger partial charge in [0.1, 0.15) is 44.4 Å². The molecule has 3 heterocycles. The lowest BCUT2D eigenvalue weighted by Gasteiger charge is -2.25. The van der Waals surface area contributed by atoms with Crippen LogP contribution in [-0.4, -0.2) is 121 Å². The van der Waals surface area contributed by atoms with Gasteiger partial charge in [-0.05, 0) is 108 Å². The molecule has 3 aromatic heterocycles. The van der Waals surface area contributed by atoms with Gasteiger partial charge in [0.25, 0.3) is 21.9 Å². The summed E-state index contributed by atoms with van der Waals surface area (Å²) in [6.45, 7) is 19.9. The molecule has 0 aliphatic heterocycles. The molecule has 7 rings (SSSR count). The maximum atomic E-state index is 13.6. The SMILES string of the molecule is [C-]#[N+]c1cc(/C=C(\C(C)=O)C(=O)Nc2cccc(NC=O)c2)sc1/N=N/c1cc(OC)c(N(CC)CC)cc1Nc1nc(Nc2cc(N(CC)CC)c(OC)cc2/N=N/c2sc(/C=C(/C(C)=O)C(=O)Nc3cccc(C(N)=O)c3)c(S(=O)(=O)O)c2C#N)nc(SCCO)n1. The average Bonchev–Trinajstić information content (AvgIpc) is 1.60. The van der Waals surface area contributed by atoms with Gasteiger partial charge in [-0.2, -0.15) is 33.7 Å². The summed E-state index contributed by atoms with van der Waals surface area (Å²) in [6, 6.07) is 21.5. The van der Waals surface area contributed by atoms with E-state index < -0.39 is 60.3 Å². The van der Waals surface area contributed by atoms with Crippen molar-refractivity contribution in [1.82, 2.24) is 15.0 Å². The fourth-order valence-electron chi connectivity index (χ4n) is 8.92. The monoisotopic (exact) mass is 1350 g/mol. The summed E-state index contributed by atoms with van der Waals surface area (Å²) >= 11 is 2.57. The Bertz CT molecular complexity index is 4410. The summed E-state index contributed by atoms with van der Waals surface area (Å²) in [7, 11) is -2.36. The standard InChI is InChI=1S/C61H61N17O12S4/c1-10-77(11-2)48-27-43(45(29-50(48)89-8)73-75-57-42(31-62)53(94(86,87)88)52(93-57)26-41(34(6)82)56(85)66-37-18-14-16-35(22-37)54(63)83)68-59-70-60(72-61(71-59)91-21-20-79)69-44-28-49(78(12-3)13-4)51(90-9)30-46(44)74-76-58-47(64-7)25-39(92-58)24-40(33(5)81)55(84)67-38-19-15-17-36(23-38)65-32-80/h14-19,22-30,32,79H,10-13,20-21H2,1-6,8-9H3,(H2,63,83)(H,65,80)(H,66,85)(H,67,84)(H,86,87,88)(H2,68,69,70,71,72)/b40-24+,41-26-,75-73+,76-74+. The van der Waals surface area contributed by atoms with Crippen molar-refractivity contribution in [1.29, 1.82) is 5.26 Å². The quantitative estimate of drug-likeness (QED) is 0.00292. The van der Waals surface area contributed by atoms with Crippen LogP contribution in [0.15, 0.2) is 121 Å². The van der Waals surface area contributed by atoms with Crippen molar-refractivity contribution in [2.45, 2.75) is 51.6 Å². The Balaban J connectivity index is 1.32. The number of nitrogens with zero attached hydrogens (tertiary/aromatic N) is 11. The number of hydrogen-bond acceptors (Lipinski definition) is 26. The number of Topliss-reactive ketones (excluding diaryl/α,β-unsaturated/α-hetero) is 2. The Kier molecular flexibility index (Phi) is 24.4. The normalized spacial score (nSPS) is 11.6. The predicted molar refractivity (Wildman–Crippen MR) is 361 cm³/mol. The van der Waals surface area contributed by atoms with Crippen LogP contribution in [0, 0.1) is 17.9 Å². The molecule has 0 bridgehead atoms. The van der Waals surface area contributed by atoms with Gasteiger partial charge in [0.2, 0.25) is 29.9 Å². The van der Waals surface area contributed by atoms with Gasteiger partial charge in [0, 0.05) is 71.6 Å². The molecule has 94 heavy (non-hydrogen) atoms. The molecular formula is C61H61N17O12S4. The Morgan fingerprint density at radius 3 is 1.74 bits per heavy atom. The molecule has 486 valence electrons. The number of nitriles is 1. The van der Waals surface area contributed by atoms with Gasteiger partial charge in [-0.3, -0.25) is 33.3 Å². The van der Waals surface area contributed by atoms with Crippen LogP contribution >= 0.6 is 34.4 Å². The van der Waals surface area contributed by atoms with Crippen LogP contribution in [0.1, 0.15) is 67.2 Å². The van der Waals surface area contributed by atoms with Crippen molar-refractivity contribution in [2.75, 3.05) is 89.1 Å². The maximum absolute atomic E-state index is 13.6. The van der Waals surface area contributed by atoms with E-state index in [0.29, 0.717) is 83.1 Å². The second-order valence-electron chi connectivity index (χ2n) is 19.4. The number of anilines is 9. The molecule has 0 spiro atoms. The molecule has 0 unspecified atom stereocenters. The van der Waals surface area contributed by atoms with Crippen molar-refractivity contribution in [3.05, 3.63) is 122 Å². The van der Waals surface area contributed by atoms with E-state index in [0.717, 1.165) is 36.1 Å². The lowest BCUT2D eigenvalue weighted by Crippen LogP contribution is -2.22. The van der Waals surface area contributed by atoms with Gasteiger partial charge in [-0.25, -0.2) is 4.85 Å². The number of azo groups is 2. The third kappa shape index (κ3) is 17.6. The largest absolute Gasteiger partial charge is 0.494 e.